The third-order valence-electron chi connectivity index (χ3n) is 2.91. The van der Waals surface area contributed by atoms with E-state index in [0.29, 0.717) is 24.6 Å². The SMILES string of the molecule is CCOc1ccccc1CCC(=O)Nc1nnc(CC)s1. The Bertz CT molecular complexity index is 598. The highest BCUT2D eigenvalue weighted by Gasteiger charge is 2.09. The van der Waals surface area contributed by atoms with Crippen molar-refractivity contribution in [1.29, 1.82) is 0 Å². The molecule has 0 aliphatic carbocycles. The highest BCUT2D eigenvalue weighted by molar-refractivity contribution is 7.15. The Kier molecular flexibility index (Phi) is 5.68. The van der Waals surface area contributed by atoms with E-state index in [1.54, 1.807) is 0 Å². The summed E-state index contributed by atoms with van der Waals surface area (Å²) < 4.78 is 5.55. The van der Waals surface area contributed by atoms with Crippen molar-refractivity contribution in [3.8, 4) is 5.75 Å². The lowest BCUT2D eigenvalue weighted by molar-refractivity contribution is -0.116. The van der Waals surface area contributed by atoms with Crippen LogP contribution in [0.5, 0.6) is 5.75 Å². The molecule has 0 aliphatic heterocycles. The Hall–Kier alpha value is -1.95. The van der Waals surface area contributed by atoms with Crippen LogP contribution in [0.2, 0.25) is 0 Å². The van der Waals surface area contributed by atoms with Gasteiger partial charge in [-0.3, -0.25) is 4.79 Å². The van der Waals surface area contributed by atoms with Crippen molar-refractivity contribution in [1.82, 2.24) is 10.2 Å². The molecule has 0 saturated heterocycles. The van der Waals surface area contributed by atoms with E-state index in [4.69, 9.17) is 4.74 Å². The number of benzene rings is 1. The average Bonchev–Trinajstić information content (AvgIpc) is 2.94. The molecule has 1 N–H and O–H groups in total. The summed E-state index contributed by atoms with van der Waals surface area (Å²) in [5.74, 6) is 0.789. The Balaban J connectivity index is 1.89. The number of aryl methyl sites for hydroxylation is 2. The molecule has 0 radical (unpaired) electrons. The van der Waals surface area contributed by atoms with E-state index in [9.17, 15) is 4.79 Å². The number of carbonyl (C=O) groups excluding carboxylic acids is 1. The van der Waals surface area contributed by atoms with E-state index in [2.05, 4.69) is 15.5 Å². The van der Waals surface area contributed by atoms with Crippen molar-refractivity contribution >= 4 is 22.4 Å². The van der Waals surface area contributed by atoms with Gasteiger partial charge in [0.1, 0.15) is 10.8 Å². The van der Waals surface area contributed by atoms with Gasteiger partial charge in [0.05, 0.1) is 6.61 Å². The predicted molar refractivity (Wildman–Crippen MR) is 83.8 cm³/mol. The van der Waals surface area contributed by atoms with Crippen LogP contribution in [0.1, 0.15) is 30.8 Å². The molecular weight excluding hydrogens is 286 g/mol. The molecule has 0 unspecified atom stereocenters. The van der Waals surface area contributed by atoms with Crippen LogP contribution in [0.15, 0.2) is 24.3 Å². The molecule has 2 aromatic rings. The molecule has 1 heterocycles. The van der Waals surface area contributed by atoms with Crippen LogP contribution >= 0.6 is 11.3 Å². The number of para-hydroxylation sites is 1. The van der Waals surface area contributed by atoms with Gasteiger partial charge in [-0.25, -0.2) is 0 Å². The topological polar surface area (TPSA) is 64.1 Å². The zero-order valence-corrected chi connectivity index (χ0v) is 13.1. The number of nitrogens with one attached hydrogen (secondary N) is 1. The first-order valence-corrected chi connectivity index (χ1v) is 7.87. The summed E-state index contributed by atoms with van der Waals surface area (Å²) >= 11 is 1.42. The maximum absolute atomic E-state index is 11.9. The van der Waals surface area contributed by atoms with Gasteiger partial charge < -0.3 is 10.1 Å². The molecule has 0 fully saturated rings. The molecule has 21 heavy (non-hydrogen) atoms. The van der Waals surface area contributed by atoms with Gasteiger partial charge in [-0.1, -0.05) is 36.5 Å². The largest absolute Gasteiger partial charge is 0.494 e. The Morgan fingerprint density at radius 1 is 1.29 bits per heavy atom. The molecule has 0 bridgehead atoms. The second kappa shape index (κ2) is 7.73. The van der Waals surface area contributed by atoms with Gasteiger partial charge >= 0.3 is 0 Å². The number of anilines is 1. The average molecular weight is 305 g/mol. The molecule has 0 aliphatic rings. The van der Waals surface area contributed by atoms with Gasteiger partial charge in [-0.15, -0.1) is 10.2 Å². The molecule has 5 nitrogen and oxygen atoms in total. The Morgan fingerprint density at radius 2 is 2.10 bits per heavy atom. The summed E-state index contributed by atoms with van der Waals surface area (Å²) in [6.45, 7) is 4.58. The molecule has 1 aromatic carbocycles. The summed E-state index contributed by atoms with van der Waals surface area (Å²) in [5.41, 5.74) is 1.04. The van der Waals surface area contributed by atoms with E-state index in [1.807, 2.05) is 38.1 Å². The molecular formula is C15H19N3O2S. The van der Waals surface area contributed by atoms with Crippen molar-refractivity contribution < 1.29 is 9.53 Å². The summed E-state index contributed by atoms with van der Waals surface area (Å²) in [4.78, 5) is 11.9. The summed E-state index contributed by atoms with van der Waals surface area (Å²) in [7, 11) is 0. The van der Waals surface area contributed by atoms with E-state index >= 15 is 0 Å². The van der Waals surface area contributed by atoms with E-state index in [1.165, 1.54) is 11.3 Å². The lowest BCUT2D eigenvalue weighted by Gasteiger charge is -2.09. The van der Waals surface area contributed by atoms with Crippen molar-refractivity contribution in [2.24, 2.45) is 0 Å². The minimum Gasteiger partial charge on any atom is -0.494 e. The van der Waals surface area contributed by atoms with E-state index in [-0.39, 0.29) is 5.91 Å². The Labute approximate surface area is 128 Å². The predicted octanol–water partition coefficient (Wildman–Crippen LogP) is 3.07. The smallest absolute Gasteiger partial charge is 0.226 e. The number of amides is 1. The van der Waals surface area contributed by atoms with Gasteiger partial charge in [-0.2, -0.15) is 0 Å². The molecule has 1 aromatic heterocycles. The number of hydrogen-bond acceptors (Lipinski definition) is 5. The first-order valence-electron chi connectivity index (χ1n) is 7.05. The molecule has 0 saturated carbocycles. The normalized spacial score (nSPS) is 10.4. The first kappa shape index (κ1) is 15.4. The zero-order chi connectivity index (χ0) is 15.1. The molecule has 0 atom stereocenters. The first-order chi connectivity index (χ1) is 10.2. The van der Waals surface area contributed by atoms with Crippen LogP contribution in [0, 0.1) is 0 Å². The van der Waals surface area contributed by atoms with Crippen molar-refractivity contribution in [3.63, 3.8) is 0 Å². The number of carbonyl (C=O) groups is 1. The maximum Gasteiger partial charge on any atom is 0.226 e. The van der Waals surface area contributed by atoms with Crippen molar-refractivity contribution in [3.05, 3.63) is 34.8 Å². The standard InChI is InChI=1S/C15H19N3O2S/c1-3-14-17-18-15(21-14)16-13(19)10-9-11-7-5-6-8-12(11)20-4-2/h5-8H,3-4,9-10H2,1-2H3,(H,16,18,19). The second-order valence-electron chi connectivity index (χ2n) is 4.44. The van der Waals surface area contributed by atoms with Gasteiger partial charge in [0.25, 0.3) is 0 Å². The highest BCUT2D eigenvalue weighted by atomic mass is 32.1. The molecule has 0 spiro atoms. The van der Waals surface area contributed by atoms with Crippen LogP contribution in [0.3, 0.4) is 0 Å². The van der Waals surface area contributed by atoms with Crippen LogP contribution < -0.4 is 10.1 Å². The minimum atomic E-state index is -0.0555. The van der Waals surface area contributed by atoms with Gasteiger partial charge in [0.15, 0.2) is 0 Å². The van der Waals surface area contributed by atoms with Crippen molar-refractivity contribution in [2.75, 3.05) is 11.9 Å². The maximum atomic E-state index is 11.9. The zero-order valence-electron chi connectivity index (χ0n) is 12.3. The van der Waals surface area contributed by atoms with Crippen LogP contribution in [0.4, 0.5) is 5.13 Å². The van der Waals surface area contributed by atoms with E-state index in [0.717, 1.165) is 22.7 Å². The van der Waals surface area contributed by atoms with Crippen LogP contribution in [0.25, 0.3) is 0 Å². The fourth-order valence-electron chi connectivity index (χ4n) is 1.88. The third kappa shape index (κ3) is 4.53. The molecule has 6 heteroatoms. The fraction of sp³-hybridized carbons (Fsp3) is 0.400. The minimum absolute atomic E-state index is 0.0555. The van der Waals surface area contributed by atoms with E-state index < -0.39 is 0 Å². The lowest BCUT2D eigenvalue weighted by Crippen LogP contribution is -2.12. The number of ether oxygens (including phenoxy) is 1. The van der Waals surface area contributed by atoms with Crippen LogP contribution in [-0.2, 0) is 17.6 Å². The number of aromatic nitrogens is 2. The molecule has 1 amide bonds. The lowest BCUT2D eigenvalue weighted by atomic mass is 10.1. The van der Waals surface area contributed by atoms with Gasteiger partial charge in [0.2, 0.25) is 11.0 Å². The van der Waals surface area contributed by atoms with Gasteiger partial charge in [0, 0.05) is 6.42 Å². The number of nitrogens with zero attached hydrogens (tertiary/aromatic N) is 2. The number of hydrogen-bond donors (Lipinski definition) is 1. The number of rotatable bonds is 7. The Morgan fingerprint density at radius 3 is 2.81 bits per heavy atom. The quantitative estimate of drug-likeness (QED) is 0.854. The second-order valence-corrected chi connectivity index (χ2v) is 5.51. The summed E-state index contributed by atoms with van der Waals surface area (Å²) in [5, 5.41) is 12.2. The third-order valence-corrected chi connectivity index (χ3v) is 3.89. The molecule has 112 valence electrons. The van der Waals surface area contributed by atoms with Crippen LogP contribution in [-0.4, -0.2) is 22.7 Å². The van der Waals surface area contributed by atoms with Gasteiger partial charge in [-0.05, 0) is 31.4 Å². The molecule has 2 rings (SSSR count). The fourth-order valence-corrected chi connectivity index (χ4v) is 2.58. The monoisotopic (exact) mass is 305 g/mol. The highest BCUT2D eigenvalue weighted by Crippen LogP contribution is 2.20. The summed E-state index contributed by atoms with van der Waals surface area (Å²) in [6, 6.07) is 7.80. The summed E-state index contributed by atoms with van der Waals surface area (Å²) in [6.07, 6.45) is 1.86. The van der Waals surface area contributed by atoms with Crippen molar-refractivity contribution in [2.45, 2.75) is 33.1 Å².